The highest BCUT2D eigenvalue weighted by Crippen LogP contribution is 2.33. The average molecular weight is 600 g/mol. The fourth-order valence-corrected chi connectivity index (χ4v) is 5.24. The molecule has 2 N–H and O–H groups in total. The van der Waals surface area contributed by atoms with Crippen LogP contribution in [-0.4, -0.2) is 54.0 Å². The van der Waals surface area contributed by atoms with Gasteiger partial charge in [-0.15, -0.1) is 0 Å². The molecule has 42 heavy (non-hydrogen) atoms. The summed E-state index contributed by atoms with van der Waals surface area (Å²) in [6.07, 6.45) is 1.42. The Bertz CT molecular complexity index is 1720. The van der Waals surface area contributed by atoms with Crippen molar-refractivity contribution in [3.8, 4) is 11.6 Å². The number of carbonyl (C=O) groups is 1. The average Bonchev–Trinajstić information content (AvgIpc) is 3.00. The van der Waals surface area contributed by atoms with E-state index in [0.717, 1.165) is 42.6 Å². The van der Waals surface area contributed by atoms with Crippen molar-refractivity contribution in [1.82, 2.24) is 14.9 Å². The molecule has 0 radical (unpaired) electrons. The highest BCUT2D eigenvalue weighted by atomic mass is 35.5. The number of rotatable bonds is 7. The lowest BCUT2D eigenvalue weighted by molar-refractivity contribution is 0.102. The lowest BCUT2D eigenvalue weighted by Crippen LogP contribution is -2.44. The number of halogens is 2. The summed E-state index contributed by atoms with van der Waals surface area (Å²) in [6.45, 7) is 4.06. The number of fused-ring (bicyclic) bond motifs is 1. The Morgan fingerprint density at radius 3 is 2.31 bits per heavy atom. The highest BCUT2D eigenvalue weighted by Gasteiger charge is 2.20. The molecule has 0 atom stereocenters. The smallest absolute Gasteiger partial charge is 0.262 e. The summed E-state index contributed by atoms with van der Waals surface area (Å²) >= 11 is 12.6. The fraction of sp³-hybridized carbons (Fsp3) is 0.156. The second-order valence-electron chi connectivity index (χ2n) is 10.0. The number of nitrogens with one attached hydrogen (secondary N) is 2. The van der Waals surface area contributed by atoms with E-state index in [0.29, 0.717) is 21.5 Å². The first kappa shape index (κ1) is 27.8. The van der Waals surface area contributed by atoms with Gasteiger partial charge in [0, 0.05) is 43.8 Å². The molecule has 0 saturated carbocycles. The van der Waals surface area contributed by atoms with Crippen LogP contribution in [0.25, 0.3) is 10.8 Å². The molecule has 6 rings (SSSR count). The van der Waals surface area contributed by atoms with E-state index in [2.05, 4.69) is 49.6 Å². The molecular weight excluding hydrogens is 571 g/mol. The van der Waals surface area contributed by atoms with Crippen molar-refractivity contribution in [3.63, 3.8) is 0 Å². The van der Waals surface area contributed by atoms with Crippen LogP contribution in [0.1, 0.15) is 10.4 Å². The van der Waals surface area contributed by atoms with Crippen LogP contribution in [0.15, 0.2) is 91.1 Å². The molecule has 0 spiro atoms. The molecule has 1 aliphatic heterocycles. The first-order valence-electron chi connectivity index (χ1n) is 13.5. The van der Waals surface area contributed by atoms with Crippen molar-refractivity contribution in [1.29, 1.82) is 0 Å². The van der Waals surface area contributed by atoms with Gasteiger partial charge in [0.15, 0.2) is 0 Å². The number of carbonyl (C=O) groups excluding carboxylic acids is 1. The zero-order valence-electron chi connectivity index (χ0n) is 22.8. The third kappa shape index (κ3) is 6.26. The Balaban J connectivity index is 1.28. The number of hydrogen-bond acceptors (Lipinski definition) is 7. The number of nitrogens with zero attached hydrogens (tertiary/aromatic N) is 4. The van der Waals surface area contributed by atoms with Gasteiger partial charge in [-0.25, -0.2) is 4.98 Å². The zero-order chi connectivity index (χ0) is 29.1. The Kier molecular flexibility index (Phi) is 8.10. The Hall–Kier alpha value is -4.37. The molecule has 0 aliphatic carbocycles. The monoisotopic (exact) mass is 598 g/mol. The number of ether oxygens (including phenoxy) is 1. The summed E-state index contributed by atoms with van der Waals surface area (Å²) in [6, 6.07) is 26.8. The van der Waals surface area contributed by atoms with E-state index in [1.54, 1.807) is 18.2 Å². The minimum atomic E-state index is -0.510. The van der Waals surface area contributed by atoms with Gasteiger partial charge >= 0.3 is 0 Å². The summed E-state index contributed by atoms with van der Waals surface area (Å²) in [4.78, 5) is 27.1. The van der Waals surface area contributed by atoms with E-state index >= 15 is 0 Å². The second kappa shape index (κ2) is 12.2. The van der Waals surface area contributed by atoms with Crippen molar-refractivity contribution in [2.24, 2.45) is 0 Å². The van der Waals surface area contributed by atoms with Gasteiger partial charge in [-0.1, -0.05) is 59.6 Å². The molecule has 1 amide bonds. The van der Waals surface area contributed by atoms with Gasteiger partial charge in [-0.05, 0) is 66.4 Å². The van der Waals surface area contributed by atoms with Gasteiger partial charge in [0.1, 0.15) is 11.3 Å². The molecule has 1 aliphatic rings. The number of anilines is 4. The molecule has 1 saturated heterocycles. The molecular formula is C32H28Cl2N6O2. The van der Waals surface area contributed by atoms with Crippen LogP contribution >= 0.6 is 23.2 Å². The first-order chi connectivity index (χ1) is 20.4. The number of amides is 1. The summed E-state index contributed by atoms with van der Waals surface area (Å²) in [5, 5.41) is 8.69. The van der Waals surface area contributed by atoms with E-state index < -0.39 is 5.91 Å². The summed E-state index contributed by atoms with van der Waals surface area (Å²) in [5.74, 6) is 0.381. The van der Waals surface area contributed by atoms with Crippen LogP contribution < -0.4 is 20.3 Å². The fourth-order valence-electron chi connectivity index (χ4n) is 4.75. The maximum Gasteiger partial charge on any atom is 0.262 e. The van der Waals surface area contributed by atoms with Crippen LogP contribution in [0, 0.1) is 0 Å². The van der Waals surface area contributed by atoms with Gasteiger partial charge in [0.05, 0.1) is 15.7 Å². The second-order valence-corrected chi connectivity index (χ2v) is 10.9. The van der Waals surface area contributed by atoms with E-state index in [4.69, 9.17) is 27.9 Å². The van der Waals surface area contributed by atoms with Crippen LogP contribution in [0.5, 0.6) is 11.6 Å². The maximum atomic E-state index is 13.4. The minimum absolute atomic E-state index is 0.0810. The predicted molar refractivity (Wildman–Crippen MR) is 170 cm³/mol. The van der Waals surface area contributed by atoms with Crippen molar-refractivity contribution in [2.75, 3.05) is 48.8 Å². The SMILES string of the molecule is CN1CCN(c2ccc(Nc3ncc(C(=O)Nc4c(Cl)cccc4Cl)c(Oc4ccc5ccccc5c4)n3)cc2)CC1. The Morgan fingerprint density at radius 2 is 1.57 bits per heavy atom. The molecule has 5 aromatic rings. The van der Waals surface area contributed by atoms with E-state index in [1.165, 1.54) is 11.9 Å². The molecule has 212 valence electrons. The molecule has 0 unspecified atom stereocenters. The molecule has 8 nitrogen and oxygen atoms in total. The number of benzene rings is 4. The third-order valence-electron chi connectivity index (χ3n) is 7.13. The largest absolute Gasteiger partial charge is 0.438 e. The molecule has 10 heteroatoms. The zero-order valence-corrected chi connectivity index (χ0v) is 24.4. The van der Waals surface area contributed by atoms with Crippen LogP contribution in [-0.2, 0) is 0 Å². The lowest BCUT2D eigenvalue weighted by Gasteiger charge is -2.34. The van der Waals surface area contributed by atoms with E-state index in [1.807, 2.05) is 54.6 Å². The van der Waals surface area contributed by atoms with Crippen molar-refractivity contribution in [3.05, 3.63) is 107 Å². The van der Waals surface area contributed by atoms with Crippen LogP contribution in [0.2, 0.25) is 10.0 Å². The van der Waals surface area contributed by atoms with Crippen molar-refractivity contribution in [2.45, 2.75) is 0 Å². The highest BCUT2D eigenvalue weighted by molar-refractivity contribution is 6.40. The van der Waals surface area contributed by atoms with Gasteiger partial charge in [-0.3, -0.25) is 4.79 Å². The maximum absolute atomic E-state index is 13.4. The van der Waals surface area contributed by atoms with E-state index in [9.17, 15) is 4.79 Å². The number of para-hydroxylation sites is 1. The minimum Gasteiger partial charge on any atom is -0.438 e. The summed E-state index contributed by atoms with van der Waals surface area (Å²) in [5.41, 5.74) is 2.39. The van der Waals surface area contributed by atoms with E-state index in [-0.39, 0.29) is 17.4 Å². The number of likely N-dealkylation sites (N-methyl/N-ethyl adjacent to an activating group) is 1. The van der Waals surface area contributed by atoms with Gasteiger partial charge < -0.3 is 25.2 Å². The van der Waals surface area contributed by atoms with Crippen LogP contribution in [0.3, 0.4) is 0 Å². The molecule has 0 bridgehead atoms. The topological polar surface area (TPSA) is 82.6 Å². The quantitative estimate of drug-likeness (QED) is 0.201. The molecule has 1 fully saturated rings. The van der Waals surface area contributed by atoms with Gasteiger partial charge in [0.25, 0.3) is 5.91 Å². The summed E-state index contributed by atoms with van der Waals surface area (Å²) < 4.78 is 6.19. The predicted octanol–water partition coefficient (Wildman–Crippen LogP) is 7.48. The van der Waals surface area contributed by atoms with Gasteiger partial charge in [-0.2, -0.15) is 4.98 Å². The number of hydrogen-bond donors (Lipinski definition) is 2. The molecule has 2 heterocycles. The molecule has 1 aromatic heterocycles. The number of piperazine rings is 1. The normalized spacial score (nSPS) is 13.6. The van der Waals surface area contributed by atoms with Gasteiger partial charge in [0.2, 0.25) is 11.8 Å². The van der Waals surface area contributed by atoms with Crippen molar-refractivity contribution >= 4 is 62.9 Å². The standard InChI is InChI=1S/C32H28Cl2N6O2/c1-39-15-17-40(18-16-39)24-12-10-23(11-13-24)36-32-35-20-26(30(41)37-29-27(33)7-4-8-28(29)34)31(38-32)42-25-14-9-21-5-2-3-6-22(21)19-25/h2-14,19-20H,15-18H2,1H3,(H,37,41)(H,35,36,38). The third-order valence-corrected chi connectivity index (χ3v) is 7.76. The van der Waals surface area contributed by atoms with Crippen LogP contribution in [0.4, 0.5) is 23.0 Å². The first-order valence-corrected chi connectivity index (χ1v) is 14.3. The Labute approximate surface area is 253 Å². The lowest BCUT2D eigenvalue weighted by atomic mass is 10.1. The summed E-state index contributed by atoms with van der Waals surface area (Å²) in [7, 11) is 2.14. The molecule has 4 aromatic carbocycles. The Morgan fingerprint density at radius 1 is 0.857 bits per heavy atom. The van der Waals surface area contributed by atoms with Crippen molar-refractivity contribution < 1.29 is 9.53 Å². The number of aromatic nitrogens is 2.